The van der Waals surface area contributed by atoms with E-state index in [9.17, 15) is 9.59 Å². The molecule has 2 rings (SSSR count). The second kappa shape index (κ2) is 8.53. The van der Waals surface area contributed by atoms with Crippen molar-refractivity contribution in [2.75, 3.05) is 0 Å². The molecule has 26 heavy (non-hydrogen) atoms. The molecule has 0 spiro atoms. The van der Waals surface area contributed by atoms with E-state index in [1.165, 1.54) is 0 Å². The molecule has 0 saturated carbocycles. The summed E-state index contributed by atoms with van der Waals surface area (Å²) in [5.41, 5.74) is 2.73. The quantitative estimate of drug-likeness (QED) is 0.442. The van der Waals surface area contributed by atoms with Crippen molar-refractivity contribution in [3.8, 4) is 0 Å². The lowest BCUT2D eigenvalue weighted by molar-refractivity contribution is 0.00695. The first-order valence-electron chi connectivity index (χ1n) is 8.39. The van der Waals surface area contributed by atoms with E-state index in [0.29, 0.717) is 29.4 Å². The number of rotatable bonds is 5. The van der Waals surface area contributed by atoms with Crippen LogP contribution < -0.4 is 5.56 Å². The van der Waals surface area contributed by atoms with Crippen molar-refractivity contribution < 1.29 is 9.53 Å². The number of benzene rings is 1. The normalized spacial score (nSPS) is 11.5. The fourth-order valence-corrected chi connectivity index (χ4v) is 4.24. The Morgan fingerprint density at radius 2 is 1.81 bits per heavy atom. The molecule has 0 amide bonds. The van der Waals surface area contributed by atoms with E-state index in [1.807, 2.05) is 45.9 Å². The van der Waals surface area contributed by atoms with Crippen LogP contribution in [0.4, 0.5) is 0 Å². The lowest BCUT2D eigenvalue weighted by Gasteiger charge is -2.19. The van der Waals surface area contributed by atoms with Gasteiger partial charge in [-0.2, -0.15) is 0 Å². The lowest BCUT2D eigenvalue weighted by atomic mass is 10.1. The van der Waals surface area contributed by atoms with Crippen molar-refractivity contribution in [2.45, 2.75) is 51.6 Å². The summed E-state index contributed by atoms with van der Waals surface area (Å²) in [5.74, 6) is -0.329. The van der Waals surface area contributed by atoms with Gasteiger partial charge in [0.25, 0.3) is 5.56 Å². The third kappa shape index (κ3) is 5.30. The molecular formula is C20H23Br2NO3. The maximum absolute atomic E-state index is 12.5. The number of carbonyl (C=O) groups is 1. The SMILES string of the molecule is Cc1cc(Br)c(CBr)n(CCc2ccc(C(=O)OC(C)(C)C)cc2)c1=O. The molecule has 0 atom stereocenters. The number of carbonyl (C=O) groups excluding carboxylic acids is 1. The number of pyridine rings is 1. The zero-order valence-corrected chi connectivity index (χ0v) is 18.6. The standard InChI is InChI=1S/C20H23Br2NO3/c1-13-11-16(22)17(12-21)23(18(13)24)10-9-14-5-7-15(8-6-14)19(25)26-20(2,3)4/h5-8,11H,9-10,12H2,1-4H3. The highest BCUT2D eigenvalue weighted by molar-refractivity contribution is 9.10. The Balaban J connectivity index is 2.14. The van der Waals surface area contributed by atoms with Crippen molar-refractivity contribution in [1.82, 2.24) is 4.57 Å². The minimum atomic E-state index is -0.512. The molecule has 0 N–H and O–H groups in total. The Morgan fingerprint density at radius 1 is 1.19 bits per heavy atom. The van der Waals surface area contributed by atoms with E-state index >= 15 is 0 Å². The fourth-order valence-electron chi connectivity index (χ4n) is 2.56. The maximum atomic E-state index is 12.5. The minimum absolute atomic E-state index is 0.0213. The zero-order valence-electron chi connectivity index (χ0n) is 15.4. The molecule has 0 radical (unpaired) electrons. The van der Waals surface area contributed by atoms with Crippen molar-refractivity contribution in [1.29, 1.82) is 0 Å². The van der Waals surface area contributed by atoms with Gasteiger partial charge in [0.1, 0.15) is 5.60 Å². The van der Waals surface area contributed by atoms with Gasteiger partial charge in [0.05, 0.1) is 5.56 Å². The number of alkyl halides is 1. The molecule has 1 heterocycles. The van der Waals surface area contributed by atoms with Gasteiger partial charge in [-0.25, -0.2) is 4.79 Å². The molecule has 140 valence electrons. The third-order valence-electron chi connectivity index (χ3n) is 3.87. The van der Waals surface area contributed by atoms with Crippen LogP contribution in [0.2, 0.25) is 0 Å². The molecule has 0 saturated heterocycles. The van der Waals surface area contributed by atoms with E-state index in [4.69, 9.17) is 4.74 Å². The number of aryl methyl sites for hydroxylation is 2. The number of ether oxygens (including phenoxy) is 1. The first-order valence-corrected chi connectivity index (χ1v) is 10.3. The Labute approximate surface area is 170 Å². The van der Waals surface area contributed by atoms with E-state index in [-0.39, 0.29) is 11.5 Å². The molecule has 1 aromatic heterocycles. The fraction of sp³-hybridized carbons (Fsp3) is 0.400. The number of aromatic nitrogens is 1. The topological polar surface area (TPSA) is 48.3 Å². The average Bonchev–Trinajstić information content (AvgIpc) is 2.55. The summed E-state index contributed by atoms with van der Waals surface area (Å²) >= 11 is 6.98. The van der Waals surface area contributed by atoms with Gasteiger partial charge in [-0.05, 0) is 73.8 Å². The predicted octanol–water partition coefficient (Wildman–Crippen LogP) is 5.01. The smallest absolute Gasteiger partial charge is 0.338 e. The van der Waals surface area contributed by atoms with Crippen molar-refractivity contribution in [3.63, 3.8) is 0 Å². The molecule has 0 aliphatic rings. The zero-order chi connectivity index (χ0) is 19.5. The number of hydrogen-bond acceptors (Lipinski definition) is 3. The van der Waals surface area contributed by atoms with Gasteiger partial charge in [0, 0.05) is 27.6 Å². The van der Waals surface area contributed by atoms with Gasteiger partial charge < -0.3 is 9.30 Å². The number of halogens is 2. The first kappa shape index (κ1) is 20.9. The Kier molecular flexibility index (Phi) is 6.86. The van der Waals surface area contributed by atoms with Crippen molar-refractivity contribution >= 4 is 37.8 Å². The summed E-state index contributed by atoms with van der Waals surface area (Å²) in [4.78, 5) is 24.5. The third-order valence-corrected chi connectivity index (χ3v) is 5.08. The Hall–Kier alpha value is -1.40. The second-order valence-corrected chi connectivity index (χ2v) is 8.58. The molecule has 0 unspecified atom stereocenters. The average molecular weight is 485 g/mol. The second-order valence-electron chi connectivity index (χ2n) is 7.16. The van der Waals surface area contributed by atoms with Crippen LogP contribution in [0.3, 0.4) is 0 Å². The van der Waals surface area contributed by atoms with Crippen LogP contribution in [-0.2, 0) is 23.0 Å². The van der Waals surface area contributed by atoms with Gasteiger partial charge in [-0.1, -0.05) is 28.1 Å². The largest absolute Gasteiger partial charge is 0.456 e. The molecule has 6 heteroatoms. The number of nitrogens with zero attached hydrogens (tertiary/aromatic N) is 1. The number of hydrogen-bond donors (Lipinski definition) is 0. The van der Waals surface area contributed by atoms with Gasteiger partial charge in [0.2, 0.25) is 0 Å². The van der Waals surface area contributed by atoms with E-state index < -0.39 is 5.60 Å². The Morgan fingerprint density at radius 3 is 2.35 bits per heavy atom. The van der Waals surface area contributed by atoms with E-state index in [2.05, 4.69) is 31.9 Å². The summed E-state index contributed by atoms with van der Waals surface area (Å²) in [6, 6.07) is 9.20. The monoisotopic (exact) mass is 483 g/mol. The minimum Gasteiger partial charge on any atom is -0.456 e. The van der Waals surface area contributed by atoms with Gasteiger partial charge >= 0.3 is 5.97 Å². The highest BCUT2D eigenvalue weighted by Gasteiger charge is 2.17. The molecule has 1 aromatic carbocycles. The maximum Gasteiger partial charge on any atom is 0.338 e. The van der Waals surface area contributed by atoms with Crippen LogP contribution in [0.1, 0.15) is 48.0 Å². The van der Waals surface area contributed by atoms with E-state index in [1.54, 1.807) is 16.7 Å². The van der Waals surface area contributed by atoms with Crippen LogP contribution in [0.5, 0.6) is 0 Å². The van der Waals surface area contributed by atoms with E-state index in [0.717, 1.165) is 15.7 Å². The summed E-state index contributed by atoms with van der Waals surface area (Å²) in [6.07, 6.45) is 0.699. The van der Waals surface area contributed by atoms with Crippen molar-refractivity contribution in [2.24, 2.45) is 0 Å². The molecule has 0 fully saturated rings. The summed E-state index contributed by atoms with van der Waals surface area (Å²) in [6.45, 7) is 7.93. The van der Waals surface area contributed by atoms with Crippen LogP contribution in [0.15, 0.2) is 39.6 Å². The first-order chi connectivity index (χ1) is 12.1. The molecule has 0 bridgehead atoms. The van der Waals surface area contributed by atoms with Crippen LogP contribution >= 0.6 is 31.9 Å². The molecule has 0 aliphatic heterocycles. The molecule has 4 nitrogen and oxygen atoms in total. The molecule has 2 aromatic rings. The predicted molar refractivity (Wildman–Crippen MR) is 111 cm³/mol. The van der Waals surface area contributed by atoms with Gasteiger partial charge in [-0.15, -0.1) is 0 Å². The molecule has 0 aliphatic carbocycles. The Bertz CT molecular complexity index is 849. The highest BCUT2D eigenvalue weighted by atomic mass is 79.9. The van der Waals surface area contributed by atoms with Crippen LogP contribution in [0, 0.1) is 6.92 Å². The van der Waals surface area contributed by atoms with Gasteiger partial charge in [-0.3, -0.25) is 4.79 Å². The lowest BCUT2D eigenvalue weighted by Crippen LogP contribution is -2.26. The summed E-state index contributed by atoms with van der Waals surface area (Å²) in [5, 5.41) is 0.598. The summed E-state index contributed by atoms with van der Waals surface area (Å²) in [7, 11) is 0. The van der Waals surface area contributed by atoms with Crippen LogP contribution in [0.25, 0.3) is 0 Å². The highest BCUT2D eigenvalue weighted by Crippen LogP contribution is 2.19. The van der Waals surface area contributed by atoms with Crippen LogP contribution in [-0.4, -0.2) is 16.1 Å². The molecular weight excluding hydrogens is 462 g/mol. The van der Waals surface area contributed by atoms with Gasteiger partial charge in [0.15, 0.2) is 0 Å². The number of esters is 1. The summed E-state index contributed by atoms with van der Waals surface area (Å²) < 4.78 is 8.08. The van der Waals surface area contributed by atoms with Crippen molar-refractivity contribution in [3.05, 3.63) is 67.5 Å².